The van der Waals surface area contributed by atoms with Crippen molar-refractivity contribution in [2.24, 2.45) is 15.6 Å². The molecule has 0 aliphatic carbocycles. The number of rotatable bonds is 3. The SMILES string of the molecule is O=C(O)CCC1=C/C=C/C=C/C=C\O/N=N\N=C\C=C1. The second kappa shape index (κ2) is 10.2. The van der Waals surface area contributed by atoms with Crippen molar-refractivity contribution in [3.63, 3.8) is 0 Å². The molecule has 0 aromatic carbocycles. The molecular weight excluding hydrogens is 258 g/mol. The summed E-state index contributed by atoms with van der Waals surface area (Å²) < 4.78 is 0. The van der Waals surface area contributed by atoms with Crippen LogP contribution in [0.15, 0.2) is 76.0 Å². The average molecular weight is 273 g/mol. The first-order valence-electron chi connectivity index (χ1n) is 5.96. The second-order valence-electron chi connectivity index (χ2n) is 3.63. The predicted molar refractivity (Wildman–Crippen MR) is 75.9 cm³/mol. The van der Waals surface area contributed by atoms with E-state index in [1.165, 1.54) is 12.5 Å². The Kier molecular flexibility index (Phi) is 7.79. The van der Waals surface area contributed by atoms with Gasteiger partial charge >= 0.3 is 5.97 Å². The van der Waals surface area contributed by atoms with Crippen LogP contribution in [0, 0.1) is 0 Å². The van der Waals surface area contributed by atoms with E-state index in [2.05, 4.69) is 20.4 Å². The molecule has 0 radical (unpaired) electrons. The minimum absolute atomic E-state index is 0.0767. The molecule has 0 amide bonds. The molecule has 1 aliphatic heterocycles. The quantitative estimate of drug-likeness (QED) is 0.855. The molecular formula is C14H15N3O3. The molecule has 20 heavy (non-hydrogen) atoms. The number of carboxylic acids is 1. The van der Waals surface area contributed by atoms with E-state index in [9.17, 15) is 4.79 Å². The van der Waals surface area contributed by atoms with Gasteiger partial charge in [0.1, 0.15) is 6.26 Å². The summed E-state index contributed by atoms with van der Waals surface area (Å²) in [5.74, 6) is -0.830. The molecule has 0 bridgehead atoms. The van der Waals surface area contributed by atoms with Crippen LogP contribution in [0.25, 0.3) is 0 Å². The summed E-state index contributed by atoms with van der Waals surface area (Å²) in [7, 11) is 0. The Morgan fingerprint density at radius 2 is 1.95 bits per heavy atom. The highest BCUT2D eigenvalue weighted by atomic mass is 16.6. The van der Waals surface area contributed by atoms with Gasteiger partial charge in [-0.3, -0.25) is 4.79 Å². The number of hydrogen-bond acceptors (Lipinski definition) is 5. The van der Waals surface area contributed by atoms with E-state index < -0.39 is 5.97 Å². The van der Waals surface area contributed by atoms with Gasteiger partial charge in [0.05, 0.1) is 11.5 Å². The van der Waals surface area contributed by atoms with Gasteiger partial charge in [-0.2, -0.15) is 0 Å². The third-order valence-electron chi connectivity index (χ3n) is 2.12. The van der Waals surface area contributed by atoms with Crippen molar-refractivity contribution in [1.29, 1.82) is 0 Å². The average Bonchev–Trinajstić information content (AvgIpc) is 2.44. The van der Waals surface area contributed by atoms with Crippen molar-refractivity contribution in [3.8, 4) is 0 Å². The zero-order valence-electron chi connectivity index (χ0n) is 10.8. The second-order valence-corrected chi connectivity index (χ2v) is 3.63. The molecule has 0 aromatic rings. The highest BCUT2D eigenvalue weighted by Crippen LogP contribution is 2.07. The Morgan fingerprint density at radius 3 is 2.80 bits per heavy atom. The normalized spacial score (nSPS) is 23.3. The third-order valence-corrected chi connectivity index (χ3v) is 2.12. The van der Waals surface area contributed by atoms with Crippen LogP contribution in [-0.4, -0.2) is 17.3 Å². The molecule has 1 rings (SSSR count). The predicted octanol–water partition coefficient (Wildman–Crippen LogP) is 3.34. The van der Waals surface area contributed by atoms with Crippen LogP contribution in [-0.2, 0) is 9.63 Å². The standard InChI is InChI=1S/C14H15N3O3/c18-14(19)10-9-13-7-4-2-1-3-5-12-20-17-16-15-11-6-8-13/h1-8,11-12H,9-10H2,(H,18,19)/b3-1+,4-2+,8-6?,12-5-,13-7?,15-11+,17-16-. The van der Waals surface area contributed by atoms with Gasteiger partial charge in [0.2, 0.25) is 0 Å². The van der Waals surface area contributed by atoms with Gasteiger partial charge in [0.15, 0.2) is 0 Å². The molecule has 104 valence electrons. The zero-order valence-corrected chi connectivity index (χ0v) is 10.8. The lowest BCUT2D eigenvalue weighted by molar-refractivity contribution is -0.136. The Morgan fingerprint density at radius 1 is 1.15 bits per heavy atom. The van der Waals surface area contributed by atoms with Crippen molar-refractivity contribution < 1.29 is 14.7 Å². The van der Waals surface area contributed by atoms with Crippen molar-refractivity contribution in [3.05, 3.63) is 60.4 Å². The van der Waals surface area contributed by atoms with Crippen molar-refractivity contribution >= 4 is 12.2 Å². The van der Waals surface area contributed by atoms with E-state index >= 15 is 0 Å². The van der Waals surface area contributed by atoms with Crippen LogP contribution in [0.5, 0.6) is 0 Å². The van der Waals surface area contributed by atoms with Crippen molar-refractivity contribution in [2.75, 3.05) is 0 Å². The van der Waals surface area contributed by atoms with E-state index in [0.717, 1.165) is 5.57 Å². The van der Waals surface area contributed by atoms with Crippen LogP contribution in [0.2, 0.25) is 0 Å². The lowest BCUT2D eigenvalue weighted by Crippen LogP contribution is -1.94. The summed E-state index contributed by atoms with van der Waals surface area (Å²) in [6.07, 6.45) is 17.5. The molecule has 6 nitrogen and oxygen atoms in total. The summed E-state index contributed by atoms with van der Waals surface area (Å²) in [5.41, 5.74) is 0.877. The number of carboxylic acid groups (broad SMARTS) is 1. The molecule has 1 N–H and O–H groups in total. The zero-order chi connectivity index (χ0) is 14.5. The van der Waals surface area contributed by atoms with Gasteiger partial charge in [-0.1, -0.05) is 36.5 Å². The molecule has 0 fully saturated rings. The molecule has 0 unspecified atom stereocenters. The molecule has 0 aromatic heterocycles. The van der Waals surface area contributed by atoms with Crippen LogP contribution >= 0.6 is 0 Å². The summed E-state index contributed by atoms with van der Waals surface area (Å²) in [5, 5.41) is 19.0. The Bertz CT molecular complexity index is 512. The fraction of sp³-hybridized carbons (Fsp3) is 0.143. The topological polar surface area (TPSA) is 83.6 Å². The summed E-state index contributed by atoms with van der Waals surface area (Å²) >= 11 is 0. The highest BCUT2D eigenvalue weighted by Gasteiger charge is 1.98. The van der Waals surface area contributed by atoms with Gasteiger partial charge in [-0.15, -0.1) is 5.10 Å². The molecule has 0 saturated heterocycles. The maximum Gasteiger partial charge on any atom is 0.303 e. The van der Waals surface area contributed by atoms with Gasteiger partial charge in [-0.25, -0.2) is 0 Å². The number of aliphatic carboxylic acids is 1. The first kappa shape index (κ1) is 15.3. The molecule has 1 heterocycles. The third kappa shape index (κ3) is 8.35. The largest absolute Gasteiger partial charge is 0.481 e. The van der Waals surface area contributed by atoms with Crippen molar-refractivity contribution in [2.45, 2.75) is 12.8 Å². The summed E-state index contributed by atoms with van der Waals surface area (Å²) in [6, 6.07) is 0. The Balaban J connectivity index is 2.79. The van der Waals surface area contributed by atoms with Crippen LogP contribution in [0.3, 0.4) is 0 Å². The van der Waals surface area contributed by atoms with Crippen molar-refractivity contribution in [1.82, 2.24) is 0 Å². The first-order chi connectivity index (χ1) is 9.79. The van der Waals surface area contributed by atoms with Crippen LogP contribution in [0.4, 0.5) is 0 Å². The Labute approximate surface area is 116 Å². The van der Waals surface area contributed by atoms with E-state index in [0.29, 0.717) is 6.42 Å². The molecule has 1 aliphatic rings. The van der Waals surface area contributed by atoms with Gasteiger partial charge < -0.3 is 9.94 Å². The first-order valence-corrected chi connectivity index (χ1v) is 5.96. The molecule has 6 heteroatoms. The Hall–Kier alpha value is -2.76. The highest BCUT2D eigenvalue weighted by molar-refractivity contribution is 5.72. The number of allylic oxidation sites excluding steroid dienone is 9. The molecule has 0 spiro atoms. The van der Waals surface area contributed by atoms with Gasteiger partial charge in [0.25, 0.3) is 0 Å². The minimum atomic E-state index is -0.830. The molecule has 0 atom stereocenters. The summed E-state index contributed by atoms with van der Waals surface area (Å²) in [6.45, 7) is 0. The van der Waals surface area contributed by atoms with E-state index in [1.807, 2.05) is 24.3 Å². The number of carbonyl (C=O) groups is 1. The minimum Gasteiger partial charge on any atom is -0.481 e. The van der Waals surface area contributed by atoms with E-state index in [4.69, 9.17) is 5.11 Å². The smallest absolute Gasteiger partial charge is 0.303 e. The lowest BCUT2D eigenvalue weighted by atomic mass is 10.1. The van der Waals surface area contributed by atoms with Crippen LogP contribution in [0.1, 0.15) is 12.8 Å². The number of nitrogens with zero attached hydrogens (tertiary/aromatic N) is 3. The summed E-state index contributed by atoms with van der Waals surface area (Å²) in [4.78, 5) is 15.3. The van der Waals surface area contributed by atoms with E-state index in [1.54, 1.807) is 24.3 Å². The fourth-order valence-electron chi connectivity index (χ4n) is 1.23. The lowest BCUT2D eigenvalue weighted by Gasteiger charge is -1.97. The fourth-order valence-corrected chi connectivity index (χ4v) is 1.23. The van der Waals surface area contributed by atoms with Crippen LogP contribution < -0.4 is 0 Å². The number of hydrogen-bond donors (Lipinski definition) is 1. The van der Waals surface area contributed by atoms with E-state index in [-0.39, 0.29) is 6.42 Å². The van der Waals surface area contributed by atoms with Gasteiger partial charge in [-0.05, 0) is 29.4 Å². The maximum absolute atomic E-state index is 10.6. The maximum atomic E-state index is 10.6. The molecule has 0 saturated carbocycles. The monoisotopic (exact) mass is 273 g/mol. The van der Waals surface area contributed by atoms with Gasteiger partial charge in [0, 0.05) is 6.42 Å².